The minimum atomic E-state index is -3.64. The van der Waals surface area contributed by atoms with E-state index in [0.29, 0.717) is 11.5 Å². The maximum atomic E-state index is 13.2. The summed E-state index contributed by atoms with van der Waals surface area (Å²) in [6, 6.07) is 8.61. The molecule has 1 aromatic rings. The van der Waals surface area contributed by atoms with Crippen molar-refractivity contribution in [3.63, 3.8) is 0 Å². The zero-order chi connectivity index (χ0) is 19.9. The van der Waals surface area contributed by atoms with Crippen molar-refractivity contribution in [1.29, 1.82) is 0 Å². The third kappa shape index (κ3) is 6.84. The van der Waals surface area contributed by atoms with E-state index in [1.807, 2.05) is 0 Å². The molecule has 0 aliphatic carbocycles. The number of hydrogen-bond donors (Lipinski definition) is 3. The Labute approximate surface area is 162 Å². The minimum Gasteiger partial charge on any atom is -0.417 e. The third-order valence-electron chi connectivity index (χ3n) is 3.87. The number of para-hydroxylation sites is 1. The predicted molar refractivity (Wildman–Crippen MR) is 104 cm³/mol. The number of aliphatic hydroxyl groups is 1. The van der Waals surface area contributed by atoms with E-state index in [2.05, 4.69) is 10.6 Å². The van der Waals surface area contributed by atoms with Crippen LogP contribution in [0.2, 0.25) is 0 Å². The molecule has 1 aliphatic rings. The van der Waals surface area contributed by atoms with Crippen molar-refractivity contribution >= 4 is 30.0 Å². The van der Waals surface area contributed by atoms with Crippen LogP contribution in [-0.2, 0) is 18.7 Å². The Bertz CT molecular complexity index is 700. The van der Waals surface area contributed by atoms with E-state index in [9.17, 15) is 19.3 Å². The second-order valence-corrected chi connectivity index (χ2v) is 10.9. The van der Waals surface area contributed by atoms with Gasteiger partial charge in [0.25, 0.3) is 0 Å². The molecule has 3 N–H and O–H groups in total. The molecule has 0 saturated carbocycles. The first-order valence-corrected chi connectivity index (χ1v) is 11.7. The molecule has 0 aromatic heterocycles. The first kappa shape index (κ1) is 21.8. The summed E-state index contributed by atoms with van der Waals surface area (Å²) in [6.45, 7) is -0.106. The molecule has 1 heterocycles. The van der Waals surface area contributed by atoms with Crippen LogP contribution in [-0.4, -0.2) is 48.5 Å². The molecular weight excluding hydrogens is 391 g/mol. The number of aliphatic hydroxyl groups excluding tert-OH is 1. The van der Waals surface area contributed by atoms with E-state index in [4.69, 9.17) is 9.05 Å². The summed E-state index contributed by atoms with van der Waals surface area (Å²) in [5.41, 5.74) is -1.01. The van der Waals surface area contributed by atoms with Crippen molar-refractivity contribution in [2.24, 2.45) is 5.41 Å². The monoisotopic (exact) mass is 416 g/mol. The lowest BCUT2D eigenvalue weighted by molar-refractivity contribution is -0.136. The standard InChI is InChI=1S/C17H25N2O6PS/c1-17(2)12-24-26(23,25-13-6-4-3-5-7-13)27-11-10-18-14(20)8-9-19-16(22)15(17)21/h3-7,15,21H,8-12H2,1-2H3,(H,18,20)(H,19,22)/t15-,26?/m0/s1. The number of rotatable bonds is 2. The highest BCUT2D eigenvalue weighted by Crippen LogP contribution is 2.60. The van der Waals surface area contributed by atoms with Crippen molar-refractivity contribution < 1.29 is 28.3 Å². The van der Waals surface area contributed by atoms with Crippen molar-refractivity contribution in [2.75, 3.05) is 25.4 Å². The van der Waals surface area contributed by atoms with Crippen LogP contribution in [0.5, 0.6) is 5.75 Å². The normalized spacial score (nSPS) is 27.7. The Morgan fingerprint density at radius 1 is 1.22 bits per heavy atom. The topological polar surface area (TPSA) is 114 Å². The average Bonchev–Trinajstić information content (AvgIpc) is 2.63. The highest BCUT2D eigenvalue weighted by molar-refractivity contribution is 8.55. The van der Waals surface area contributed by atoms with Gasteiger partial charge >= 0.3 is 6.80 Å². The smallest absolute Gasteiger partial charge is 0.417 e. The lowest BCUT2D eigenvalue weighted by Crippen LogP contribution is -2.46. The van der Waals surface area contributed by atoms with Crippen LogP contribution in [0.3, 0.4) is 0 Å². The summed E-state index contributed by atoms with van der Waals surface area (Å²) in [4.78, 5) is 23.9. The second kappa shape index (κ2) is 9.59. The van der Waals surface area contributed by atoms with Gasteiger partial charge in [0.1, 0.15) is 11.9 Å². The van der Waals surface area contributed by atoms with Gasteiger partial charge in [-0.2, -0.15) is 0 Å². The largest absolute Gasteiger partial charge is 0.440 e. The Morgan fingerprint density at radius 2 is 1.93 bits per heavy atom. The van der Waals surface area contributed by atoms with Crippen molar-refractivity contribution in [3.05, 3.63) is 30.3 Å². The molecule has 27 heavy (non-hydrogen) atoms. The fourth-order valence-corrected chi connectivity index (χ4v) is 5.42. The van der Waals surface area contributed by atoms with Crippen LogP contribution in [0.4, 0.5) is 0 Å². The van der Waals surface area contributed by atoms with Gasteiger partial charge in [0, 0.05) is 30.7 Å². The van der Waals surface area contributed by atoms with Gasteiger partial charge in [0.2, 0.25) is 11.8 Å². The summed E-state index contributed by atoms with van der Waals surface area (Å²) in [5.74, 6) is -0.151. The van der Waals surface area contributed by atoms with E-state index < -0.39 is 24.2 Å². The zero-order valence-corrected chi connectivity index (χ0v) is 17.1. The molecule has 1 unspecified atom stereocenters. The van der Waals surface area contributed by atoms with Crippen molar-refractivity contribution in [3.8, 4) is 5.75 Å². The SMILES string of the molecule is CC1(C)COP(=O)(Oc2ccccc2)SCCNC(=O)CCNC(=O)[C@@H]1O. The lowest BCUT2D eigenvalue weighted by atomic mass is 9.87. The van der Waals surface area contributed by atoms with Gasteiger partial charge in [-0.1, -0.05) is 32.0 Å². The average molecular weight is 416 g/mol. The van der Waals surface area contributed by atoms with Gasteiger partial charge in [0.05, 0.1) is 6.61 Å². The molecule has 1 saturated heterocycles. The predicted octanol–water partition coefficient (Wildman–Crippen LogP) is 1.95. The highest BCUT2D eigenvalue weighted by Gasteiger charge is 2.38. The molecule has 2 rings (SSSR count). The molecule has 2 atom stereocenters. The number of carbonyl (C=O) groups is 2. The van der Waals surface area contributed by atoms with Gasteiger partial charge in [0.15, 0.2) is 0 Å². The molecule has 8 nitrogen and oxygen atoms in total. The maximum absolute atomic E-state index is 13.2. The van der Waals surface area contributed by atoms with Gasteiger partial charge in [-0.05, 0) is 23.5 Å². The third-order valence-corrected chi connectivity index (χ3v) is 7.49. The Kier molecular flexibility index (Phi) is 7.73. The molecule has 0 bridgehead atoms. The van der Waals surface area contributed by atoms with Crippen LogP contribution in [0.1, 0.15) is 20.3 Å². The molecule has 0 radical (unpaired) electrons. The summed E-state index contributed by atoms with van der Waals surface area (Å²) in [7, 11) is 0. The molecule has 1 fully saturated rings. The highest BCUT2D eigenvalue weighted by atomic mass is 32.7. The van der Waals surface area contributed by atoms with Crippen molar-refractivity contribution in [1.82, 2.24) is 10.6 Å². The van der Waals surface area contributed by atoms with Gasteiger partial charge < -0.3 is 20.3 Å². The number of amides is 2. The van der Waals surface area contributed by atoms with Crippen LogP contribution < -0.4 is 15.2 Å². The van der Waals surface area contributed by atoms with Crippen LogP contribution >= 0.6 is 18.2 Å². The number of benzene rings is 1. The second-order valence-electron chi connectivity index (χ2n) is 6.74. The summed E-state index contributed by atoms with van der Waals surface area (Å²) < 4.78 is 24.3. The summed E-state index contributed by atoms with van der Waals surface area (Å²) >= 11 is 0.964. The quantitative estimate of drug-likeness (QED) is 0.632. The number of carbonyl (C=O) groups excluding carboxylic acids is 2. The van der Waals surface area contributed by atoms with E-state index in [-0.39, 0.29) is 32.0 Å². The van der Waals surface area contributed by atoms with E-state index in [1.54, 1.807) is 44.2 Å². The van der Waals surface area contributed by atoms with Gasteiger partial charge in [-0.15, -0.1) is 0 Å². The number of hydrogen-bond acceptors (Lipinski definition) is 7. The molecular formula is C17H25N2O6PS. The minimum absolute atomic E-state index is 0.0955. The van der Waals surface area contributed by atoms with Gasteiger partial charge in [-0.25, -0.2) is 4.57 Å². The van der Waals surface area contributed by atoms with Crippen LogP contribution in [0.15, 0.2) is 30.3 Å². The summed E-state index contributed by atoms with van der Waals surface area (Å²) in [5, 5.41) is 15.5. The molecule has 0 spiro atoms. The Hall–Kier alpha value is -1.54. The molecule has 1 aliphatic heterocycles. The maximum Gasteiger partial charge on any atom is 0.440 e. The first-order valence-electron chi connectivity index (χ1n) is 8.58. The van der Waals surface area contributed by atoms with Crippen molar-refractivity contribution in [2.45, 2.75) is 26.4 Å². The first-order chi connectivity index (χ1) is 12.7. The molecule has 150 valence electrons. The Morgan fingerprint density at radius 3 is 2.63 bits per heavy atom. The number of nitrogens with one attached hydrogen (secondary N) is 2. The fourth-order valence-electron chi connectivity index (χ4n) is 2.21. The van der Waals surface area contributed by atoms with Gasteiger partial charge in [-0.3, -0.25) is 14.1 Å². The molecule has 2 amide bonds. The molecule has 10 heteroatoms. The van der Waals surface area contributed by atoms with Crippen LogP contribution in [0.25, 0.3) is 0 Å². The fraction of sp³-hybridized carbons (Fsp3) is 0.529. The van der Waals surface area contributed by atoms with Crippen LogP contribution in [0, 0.1) is 5.41 Å². The molecule has 1 aromatic carbocycles. The van der Waals surface area contributed by atoms with E-state index >= 15 is 0 Å². The lowest BCUT2D eigenvalue weighted by Gasteiger charge is -2.31. The Balaban J connectivity index is 2.17. The van der Waals surface area contributed by atoms with E-state index in [0.717, 1.165) is 11.4 Å². The van der Waals surface area contributed by atoms with E-state index in [1.165, 1.54) is 0 Å². The zero-order valence-electron chi connectivity index (χ0n) is 15.3. The summed E-state index contributed by atoms with van der Waals surface area (Å²) in [6.07, 6.45) is -1.29.